The van der Waals surface area contributed by atoms with E-state index in [2.05, 4.69) is 15.3 Å². The van der Waals surface area contributed by atoms with Crippen molar-refractivity contribution in [1.82, 2.24) is 9.97 Å². The van der Waals surface area contributed by atoms with Gasteiger partial charge in [0.25, 0.3) is 0 Å². The van der Waals surface area contributed by atoms with Gasteiger partial charge in [-0.05, 0) is 48.7 Å². The highest BCUT2D eigenvalue weighted by atomic mass is 32.1. The molecular weight excluding hydrogens is 399 g/mol. The first-order valence-corrected chi connectivity index (χ1v) is 10.4. The molecule has 0 saturated heterocycles. The van der Waals surface area contributed by atoms with E-state index in [1.807, 2.05) is 49.4 Å². The highest BCUT2D eigenvalue weighted by Gasteiger charge is 2.18. The quantitative estimate of drug-likeness (QED) is 0.483. The van der Waals surface area contributed by atoms with Gasteiger partial charge in [0.15, 0.2) is 0 Å². The van der Waals surface area contributed by atoms with E-state index in [9.17, 15) is 9.18 Å². The standard InChI is InChI=1S/C23H21FN4OS/c1-14-4-5-15(2)19(10-14)27-20(29)11-28(3)22-21-18(12-30-23(21)26-13-25-22)16-6-8-17(24)9-7-16/h4-10,12-13H,11H2,1-3H3,(H,27,29). The number of fused-ring (bicyclic) bond motifs is 1. The van der Waals surface area contributed by atoms with Gasteiger partial charge in [-0.3, -0.25) is 4.79 Å². The van der Waals surface area contributed by atoms with Gasteiger partial charge in [-0.1, -0.05) is 24.3 Å². The van der Waals surface area contributed by atoms with Crippen LogP contribution in [0.5, 0.6) is 0 Å². The molecule has 2 aromatic heterocycles. The summed E-state index contributed by atoms with van der Waals surface area (Å²) in [5.74, 6) is 0.253. The minimum absolute atomic E-state index is 0.128. The summed E-state index contributed by atoms with van der Waals surface area (Å²) in [6, 6.07) is 12.3. The van der Waals surface area contributed by atoms with Gasteiger partial charge in [-0.2, -0.15) is 0 Å². The molecule has 0 bridgehead atoms. The van der Waals surface area contributed by atoms with Gasteiger partial charge in [0.2, 0.25) is 5.91 Å². The molecule has 152 valence electrons. The van der Waals surface area contributed by atoms with Crippen LogP contribution in [0.4, 0.5) is 15.9 Å². The maximum absolute atomic E-state index is 13.4. The lowest BCUT2D eigenvalue weighted by Crippen LogP contribution is -2.31. The van der Waals surface area contributed by atoms with Crippen molar-refractivity contribution in [3.63, 3.8) is 0 Å². The second-order valence-electron chi connectivity index (χ2n) is 7.26. The summed E-state index contributed by atoms with van der Waals surface area (Å²) < 4.78 is 13.4. The topological polar surface area (TPSA) is 58.1 Å². The molecule has 0 saturated carbocycles. The molecule has 0 fully saturated rings. The number of carbonyl (C=O) groups is 1. The van der Waals surface area contributed by atoms with E-state index >= 15 is 0 Å². The molecular formula is C23H21FN4OS. The monoisotopic (exact) mass is 420 g/mol. The van der Waals surface area contributed by atoms with E-state index in [0.29, 0.717) is 5.82 Å². The molecule has 1 N–H and O–H groups in total. The second-order valence-corrected chi connectivity index (χ2v) is 8.11. The fourth-order valence-corrected chi connectivity index (χ4v) is 4.25. The van der Waals surface area contributed by atoms with Gasteiger partial charge < -0.3 is 10.2 Å². The Hall–Kier alpha value is -3.32. The molecule has 0 atom stereocenters. The minimum atomic E-state index is -0.282. The molecule has 0 aliphatic carbocycles. The highest BCUT2D eigenvalue weighted by molar-refractivity contribution is 7.17. The summed E-state index contributed by atoms with van der Waals surface area (Å²) in [7, 11) is 1.83. The number of nitrogens with zero attached hydrogens (tertiary/aromatic N) is 3. The van der Waals surface area contributed by atoms with Crippen LogP contribution < -0.4 is 10.2 Å². The van der Waals surface area contributed by atoms with Crippen molar-refractivity contribution in [3.05, 3.63) is 71.1 Å². The number of thiophene rings is 1. The number of rotatable bonds is 5. The van der Waals surface area contributed by atoms with Crippen molar-refractivity contribution in [3.8, 4) is 11.1 Å². The van der Waals surface area contributed by atoms with Crippen LogP contribution in [0, 0.1) is 19.7 Å². The number of aryl methyl sites for hydroxylation is 2. The van der Waals surface area contributed by atoms with Crippen molar-refractivity contribution < 1.29 is 9.18 Å². The molecule has 4 rings (SSSR count). The van der Waals surface area contributed by atoms with Gasteiger partial charge in [0.05, 0.1) is 11.9 Å². The van der Waals surface area contributed by atoms with Gasteiger partial charge in [0.1, 0.15) is 22.8 Å². The summed E-state index contributed by atoms with van der Waals surface area (Å²) in [5.41, 5.74) is 4.71. The Bertz CT molecular complexity index is 1220. The van der Waals surface area contributed by atoms with Crippen molar-refractivity contribution >= 4 is 39.0 Å². The largest absolute Gasteiger partial charge is 0.350 e. The third-order valence-corrected chi connectivity index (χ3v) is 5.80. The molecule has 0 spiro atoms. The molecule has 4 aromatic rings. The first-order valence-electron chi connectivity index (χ1n) is 9.49. The minimum Gasteiger partial charge on any atom is -0.350 e. The van der Waals surface area contributed by atoms with Crippen LogP contribution in [0.3, 0.4) is 0 Å². The number of likely N-dealkylation sites (N-methyl/N-ethyl adjacent to an activating group) is 1. The molecule has 2 heterocycles. The van der Waals surface area contributed by atoms with Crippen LogP contribution in [0.1, 0.15) is 11.1 Å². The number of nitrogens with one attached hydrogen (secondary N) is 1. The number of halogens is 1. The first-order chi connectivity index (χ1) is 14.4. The average Bonchev–Trinajstić information content (AvgIpc) is 3.15. The molecule has 1 amide bonds. The molecule has 0 unspecified atom stereocenters. The highest BCUT2D eigenvalue weighted by Crippen LogP contribution is 2.37. The lowest BCUT2D eigenvalue weighted by Gasteiger charge is -2.19. The maximum atomic E-state index is 13.4. The fourth-order valence-electron chi connectivity index (χ4n) is 3.34. The van der Waals surface area contributed by atoms with E-state index < -0.39 is 0 Å². The van der Waals surface area contributed by atoms with Crippen LogP contribution in [0.2, 0.25) is 0 Å². The van der Waals surface area contributed by atoms with Crippen LogP contribution in [0.15, 0.2) is 54.2 Å². The zero-order valence-electron chi connectivity index (χ0n) is 16.9. The van der Waals surface area contributed by atoms with Crippen LogP contribution in [0.25, 0.3) is 21.3 Å². The Kier molecular flexibility index (Phi) is 5.46. The molecule has 2 aromatic carbocycles. The van der Waals surface area contributed by atoms with Crippen LogP contribution >= 0.6 is 11.3 Å². The SMILES string of the molecule is Cc1ccc(C)c(NC(=O)CN(C)c2ncnc3scc(-c4ccc(F)cc4)c23)c1. The van der Waals surface area contributed by atoms with Gasteiger partial charge in [0, 0.05) is 23.7 Å². The number of benzene rings is 2. The summed E-state index contributed by atoms with van der Waals surface area (Å²) in [5, 5.41) is 5.83. The zero-order chi connectivity index (χ0) is 21.3. The molecule has 7 heteroatoms. The number of anilines is 2. The molecule has 0 aliphatic rings. The Labute approximate surface area is 178 Å². The third kappa shape index (κ3) is 4.02. The number of aromatic nitrogens is 2. The summed E-state index contributed by atoms with van der Waals surface area (Å²) in [6.45, 7) is 4.09. The Morgan fingerprint density at radius 1 is 1.13 bits per heavy atom. The smallest absolute Gasteiger partial charge is 0.243 e. The van der Waals surface area contributed by atoms with Crippen molar-refractivity contribution in [2.45, 2.75) is 13.8 Å². The first kappa shape index (κ1) is 20.0. The molecule has 0 aliphatic heterocycles. The summed E-state index contributed by atoms with van der Waals surface area (Å²) in [4.78, 5) is 24.1. The average molecular weight is 421 g/mol. The van der Waals surface area contributed by atoms with E-state index in [1.165, 1.54) is 29.8 Å². The van der Waals surface area contributed by atoms with Gasteiger partial charge in [-0.15, -0.1) is 11.3 Å². The van der Waals surface area contributed by atoms with Crippen molar-refractivity contribution in [2.24, 2.45) is 0 Å². The predicted octanol–water partition coefficient (Wildman–Crippen LogP) is 5.19. The van der Waals surface area contributed by atoms with Gasteiger partial charge in [-0.25, -0.2) is 14.4 Å². The lowest BCUT2D eigenvalue weighted by atomic mass is 10.1. The zero-order valence-corrected chi connectivity index (χ0v) is 17.8. The van der Waals surface area contributed by atoms with Crippen molar-refractivity contribution in [1.29, 1.82) is 0 Å². The number of hydrogen-bond donors (Lipinski definition) is 1. The molecule has 0 radical (unpaired) electrons. The lowest BCUT2D eigenvalue weighted by molar-refractivity contribution is -0.114. The summed E-state index contributed by atoms with van der Waals surface area (Å²) >= 11 is 1.50. The third-order valence-electron chi connectivity index (χ3n) is 4.91. The van der Waals surface area contributed by atoms with Gasteiger partial charge >= 0.3 is 0 Å². The van der Waals surface area contributed by atoms with E-state index in [1.54, 1.807) is 12.1 Å². The van der Waals surface area contributed by atoms with Crippen LogP contribution in [-0.2, 0) is 4.79 Å². The van der Waals surface area contributed by atoms with E-state index in [-0.39, 0.29) is 18.3 Å². The Balaban J connectivity index is 1.62. The Morgan fingerprint density at radius 3 is 2.67 bits per heavy atom. The number of hydrogen-bond acceptors (Lipinski definition) is 5. The summed E-state index contributed by atoms with van der Waals surface area (Å²) in [6.07, 6.45) is 1.50. The normalized spacial score (nSPS) is 10.9. The molecule has 30 heavy (non-hydrogen) atoms. The van der Waals surface area contributed by atoms with Crippen molar-refractivity contribution in [2.75, 3.05) is 23.8 Å². The van der Waals surface area contributed by atoms with E-state index in [4.69, 9.17) is 0 Å². The van der Waals surface area contributed by atoms with E-state index in [0.717, 1.165) is 38.2 Å². The number of carbonyl (C=O) groups excluding carboxylic acids is 1. The second kappa shape index (κ2) is 8.20. The fraction of sp³-hybridized carbons (Fsp3) is 0.174. The Morgan fingerprint density at radius 2 is 1.90 bits per heavy atom. The van der Waals surface area contributed by atoms with Crippen LogP contribution in [-0.4, -0.2) is 29.5 Å². The maximum Gasteiger partial charge on any atom is 0.243 e. The number of amides is 1. The molecule has 5 nitrogen and oxygen atoms in total. The predicted molar refractivity (Wildman–Crippen MR) is 121 cm³/mol.